The van der Waals surface area contributed by atoms with Gasteiger partial charge < -0.3 is 10.0 Å². The summed E-state index contributed by atoms with van der Waals surface area (Å²) in [5.41, 5.74) is 2.79. The molecular formula is C31H32F3N2OS2+. The number of aliphatic hydroxyl groups is 1. The monoisotopic (exact) mass is 569 g/mol. The largest absolute Gasteiger partial charge is 0.416 e. The van der Waals surface area contributed by atoms with Gasteiger partial charge in [0.05, 0.1) is 16.3 Å². The smallest absolute Gasteiger partial charge is 0.400 e. The van der Waals surface area contributed by atoms with Gasteiger partial charge in [0.15, 0.2) is 0 Å². The van der Waals surface area contributed by atoms with Gasteiger partial charge in [-0.2, -0.15) is 17.7 Å². The zero-order valence-corrected chi connectivity index (χ0v) is 24.2. The van der Waals surface area contributed by atoms with Gasteiger partial charge in [-0.3, -0.25) is 0 Å². The second kappa shape index (κ2) is 13.6. The average molecular weight is 570 g/mol. The number of aromatic nitrogens is 1. The van der Waals surface area contributed by atoms with Crippen molar-refractivity contribution >= 4 is 50.7 Å². The lowest BCUT2D eigenvalue weighted by Gasteiger charge is -2.13. The highest BCUT2D eigenvalue weighted by molar-refractivity contribution is 8.03. The van der Waals surface area contributed by atoms with E-state index < -0.39 is 11.7 Å². The number of halogens is 3. The van der Waals surface area contributed by atoms with E-state index in [-0.39, 0.29) is 0 Å². The van der Waals surface area contributed by atoms with E-state index in [0.717, 1.165) is 44.0 Å². The number of fused-ring (bicyclic) bond motifs is 2. The number of hydrogen-bond acceptors (Lipinski definition) is 4. The van der Waals surface area contributed by atoms with Crippen LogP contribution in [-0.4, -0.2) is 19.3 Å². The maximum Gasteiger partial charge on any atom is 0.416 e. The molecule has 4 aromatic rings. The third-order valence-corrected chi connectivity index (χ3v) is 8.25. The number of rotatable bonds is 4. The minimum atomic E-state index is -4.40. The third-order valence-electron chi connectivity index (χ3n) is 5.88. The van der Waals surface area contributed by atoms with E-state index in [2.05, 4.69) is 33.7 Å². The maximum absolute atomic E-state index is 13.4. The Labute approximate surface area is 236 Å². The molecule has 0 amide bonds. The summed E-state index contributed by atoms with van der Waals surface area (Å²) < 4.78 is 43.5. The molecule has 204 valence electrons. The lowest BCUT2D eigenvalue weighted by Crippen LogP contribution is -2.28. The standard InChI is InChI=1S/C28H22F3N2S2.C2H6.CH4O/c1-32-22-10-3-5-12-24(22)34-26(32)16-14-19(20-8-7-9-21(18-20)28(29,30)31)15-17-27-33(2)23-11-4-6-13-25(23)35-27;2*1-2/h3-18H,1-2H3;1-2H3;2H,1H3/q+1;;. The summed E-state index contributed by atoms with van der Waals surface area (Å²) in [6, 6.07) is 21.7. The second-order valence-corrected chi connectivity index (χ2v) is 10.3. The van der Waals surface area contributed by atoms with Gasteiger partial charge >= 0.3 is 6.18 Å². The van der Waals surface area contributed by atoms with E-state index in [1.807, 2.05) is 76.5 Å². The molecule has 39 heavy (non-hydrogen) atoms. The SMILES string of the molecule is CC.CN1/C(=C/C=C(/C=C/c2sc3ccccc3[n+]2C)c2cccc(C(F)(F)F)c2)Sc2ccccc21.CO. The van der Waals surface area contributed by atoms with Gasteiger partial charge in [0, 0.05) is 31.2 Å². The summed E-state index contributed by atoms with van der Waals surface area (Å²) in [5.74, 6) is 0. The van der Waals surface area contributed by atoms with Crippen molar-refractivity contribution in [3.63, 3.8) is 0 Å². The first-order valence-corrected chi connectivity index (χ1v) is 14.0. The number of aryl methyl sites for hydroxylation is 1. The molecule has 0 bridgehead atoms. The molecule has 1 aliphatic rings. The number of thioether (sulfide) groups is 1. The Hall–Kier alpha value is -3.33. The van der Waals surface area contributed by atoms with Crippen LogP contribution in [-0.2, 0) is 13.2 Å². The molecule has 0 unspecified atom stereocenters. The molecular weight excluding hydrogens is 537 g/mol. The van der Waals surface area contributed by atoms with Gasteiger partial charge in [-0.25, -0.2) is 0 Å². The van der Waals surface area contributed by atoms with Crippen LogP contribution in [0.2, 0.25) is 0 Å². The summed E-state index contributed by atoms with van der Waals surface area (Å²) in [5, 5.41) is 9.02. The van der Waals surface area contributed by atoms with E-state index in [1.54, 1.807) is 29.2 Å². The normalized spacial score (nSPS) is 14.2. The fraction of sp³-hybridized carbons (Fsp3) is 0.194. The van der Waals surface area contributed by atoms with Crippen LogP contribution in [0, 0.1) is 0 Å². The number of benzene rings is 3. The Morgan fingerprint density at radius 3 is 2.33 bits per heavy atom. The molecule has 0 fully saturated rings. The number of alkyl halides is 3. The highest BCUT2D eigenvalue weighted by Crippen LogP contribution is 2.44. The first kappa shape index (κ1) is 30.2. The summed E-state index contributed by atoms with van der Waals surface area (Å²) in [6.45, 7) is 4.00. The molecule has 1 aliphatic heterocycles. The van der Waals surface area contributed by atoms with E-state index in [1.165, 1.54) is 12.1 Å². The minimum Gasteiger partial charge on any atom is -0.400 e. The average Bonchev–Trinajstić information content (AvgIpc) is 3.46. The van der Waals surface area contributed by atoms with Crippen molar-refractivity contribution in [3.8, 4) is 0 Å². The van der Waals surface area contributed by atoms with Crippen LogP contribution < -0.4 is 9.47 Å². The number of para-hydroxylation sites is 2. The van der Waals surface area contributed by atoms with Crippen LogP contribution in [0.4, 0.5) is 18.9 Å². The summed E-state index contributed by atoms with van der Waals surface area (Å²) in [6.07, 6.45) is 3.32. The number of thiazole rings is 1. The van der Waals surface area contributed by atoms with Crippen LogP contribution in [0.25, 0.3) is 21.9 Å². The van der Waals surface area contributed by atoms with Gasteiger partial charge in [0.1, 0.15) is 11.7 Å². The predicted molar refractivity (Wildman–Crippen MR) is 160 cm³/mol. The van der Waals surface area contributed by atoms with Gasteiger partial charge in [-0.05, 0) is 53.6 Å². The quantitative estimate of drug-likeness (QED) is 0.197. The molecule has 0 aliphatic carbocycles. The van der Waals surface area contributed by atoms with E-state index in [4.69, 9.17) is 5.11 Å². The van der Waals surface area contributed by atoms with Gasteiger partial charge in [0.2, 0.25) is 5.52 Å². The van der Waals surface area contributed by atoms with Crippen molar-refractivity contribution in [1.82, 2.24) is 0 Å². The fourth-order valence-corrected chi connectivity index (χ4v) is 6.08. The Bertz CT molecular complexity index is 1500. The molecule has 3 nitrogen and oxygen atoms in total. The van der Waals surface area contributed by atoms with Crippen LogP contribution in [0.1, 0.15) is 30.0 Å². The third kappa shape index (κ3) is 7.01. The van der Waals surface area contributed by atoms with E-state index in [9.17, 15) is 13.2 Å². The topological polar surface area (TPSA) is 27.4 Å². The number of nitrogens with zero attached hydrogens (tertiary/aromatic N) is 2. The zero-order chi connectivity index (χ0) is 28.6. The van der Waals surface area contributed by atoms with Gasteiger partial charge in [-0.15, -0.1) is 0 Å². The number of hydrogen-bond donors (Lipinski definition) is 1. The Morgan fingerprint density at radius 1 is 0.949 bits per heavy atom. The predicted octanol–water partition coefficient (Wildman–Crippen LogP) is 8.56. The number of aliphatic hydroxyl groups excluding tert-OH is 1. The lowest BCUT2D eigenvalue weighted by molar-refractivity contribution is -0.642. The first-order valence-electron chi connectivity index (χ1n) is 12.4. The van der Waals surface area contributed by atoms with Crippen molar-refractivity contribution in [2.75, 3.05) is 19.1 Å². The molecule has 3 aromatic carbocycles. The number of anilines is 1. The Kier molecular flexibility index (Phi) is 10.6. The minimum absolute atomic E-state index is 0.514. The zero-order valence-electron chi connectivity index (χ0n) is 22.5. The molecule has 1 aromatic heterocycles. The molecule has 1 N–H and O–H groups in total. The summed E-state index contributed by atoms with van der Waals surface area (Å²) in [4.78, 5) is 3.25. The molecule has 0 atom stereocenters. The Morgan fingerprint density at radius 2 is 1.64 bits per heavy atom. The number of allylic oxidation sites excluding steroid dienone is 4. The van der Waals surface area contributed by atoms with Crippen LogP contribution in [0.3, 0.4) is 0 Å². The molecule has 0 spiro atoms. The van der Waals surface area contributed by atoms with Crippen LogP contribution in [0.5, 0.6) is 0 Å². The van der Waals surface area contributed by atoms with Crippen LogP contribution >= 0.6 is 23.1 Å². The molecule has 0 saturated heterocycles. The molecule has 8 heteroatoms. The van der Waals surface area contributed by atoms with E-state index >= 15 is 0 Å². The van der Waals surface area contributed by atoms with Crippen LogP contribution in [0.15, 0.2) is 101 Å². The summed E-state index contributed by atoms with van der Waals surface area (Å²) >= 11 is 3.29. The van der Waals surface area contributed by atoms with Gasteiger partial charge in [-0.1, -0.05) is 79.4 Å². The van der Waals surface area contributed by atoms with Crippen molar-refractivity contribution in [1.29, 1.82) is 0 Å². The first-order chi connectivity index (χ1) is 18.8. The molecule has 0 saturated carbocycles. The lowest BCUT2D eigenvalue weighted by atomic mass is 10.0. The maximum atomic E-state index is 13.4. The molecule has 5 rings (SSSR count). The Balaban J connectivity index is 0.00000100. The van der Waals surface area contributed by atoms with E-state index in [0.29, 0.717) is 11.1 Å². The van der Waals surface area contributed by atoms with Gasteiger partial charge in [0.25, 0.3) is 5.01 Å². The highest BCUT2D eigenvalue weighted by Gasteiger charge is 2.30. The van der Waals surface area contributed by atoms with Crippen molar-refractivity contribution < 1.29 is 22.8 Å². The highest BCUT2D eigenvalue weighted by atomic mass is 32.2. The second-order valence-electron chi connectivity index (χ2n) is 8.13. The molecule has 0 radical (unpaired) electrons. The molecule has 2 heterocycles. The van der Waals surface area contributed by atoms with Crippen molar-refractivity contribution in [2.24, 2.45) is 7.05 Å². The van der Waals surface area contributed by atoms with Crippen molar-refractivity contribution in [3.05, 3.63) is 112 Å². The summed E-state index contributed by atoms with van der Waals surface area (Å²) in [7, 11) is 4.99. The van der Waals surface area contributed by atoms with Crippen molar-refractivity contribution in [2.45, 2.75) is 24.9 Å². The fourth-order valence-electron chi connectivity index (χ4n) is 3.98.